The highest BCUT2D eigenvalue weighted by Crippen LogP contribution is 2.35. The van der Waals surface area contributed by atoms with E-state index in [-0.39, 0.29) is 5.57 Å². The smallest absolute Gasteiger partial charge is 0.260 e. The van der Waals surface area contributed by atoms with Crippen molar-refractivity contribution in [1.82, 2.24) is 9.80 Å². The van der Waals surface area contributed by atoms with E-state index in [1.165, 1.54) is 4.90 Å². The average Bonchev–Trinajstić information content (AvgIpc) is 3.08. The van der Waals surface area contributed by atoms with Crippen molar-refractivity contribution >= 4 is 29.0 Å². The van der Waals surface area contributed by atoms with Gasteiger partial charge in [-0.1, -0.05) is 11.6 Å². The Morgan fingerprint density at radius 1 is 1.09 bits per heavy atom. The molecule has 2 heterocycles. The molecule has 1 unspecified atom stereocenters. The second-order valence-corrected chi connectivity index (χ2v) is 8.11. The molecule has 8 heteroatoms. The number of Topliss-reactive ketones (excluding diaryl/α,β-unsaturated/α-hetero) is 1. The van der Waals surface area contributed by atoms with E-state index in [2.05, 4.69) is 4.90 Å². The van der Waals surface area contributed by atoms with Crippen molar-refractivity contribution in [3.63, 3.8) is 0 Å². The van der Waals surface area contributed by atoms with Gasteiger partial charge >= 0.3 is 0 Å². The van der Waals surface area contributed by atoms with Crippen LogP contribution in [0.3, 0.4) is 0 Å². The molecule has 7 nitrogen and oxygen atoms in total. The molecule has 2 aliphatic heterocycles. The predicted molar refractivity (Wildman–Crippen MR) is 121 cm³/mol. The minimum Gasteiger partial charge on any atom is -0.497 e. The fourth-order valence-electron chi connectivity index (χ4n) is 3.99. The second kappa shape index (κ2) is 9.83. The fourth-order valence-corrected chi connectivity index (χ4v) is 4.12. The third-order valence-corrected chi connectivity index (χ3v) is 6.01. The van der Waals surface area contributed by atoms with Crippen molar-refractivity contribution in [3.05, 3.63) is 70.3 Å². The van der Waals surface area contributed by atoms with Gasteiger partial charge in [0, 0.05) is 36.8 Å². The number of aliphatic hydroxyl groups excluding tert-OH is 1. The number of nitrogens with zero attached hydrogens (tertiary/aromatic N) is 2. The number of aliphatic hydroxyl groups is 1. The molecule has 2 aliphatic rings. The minimum atomic E-state index is -1.53. The molecule has 0 spiro atoms. The zero-order valence-electron chi connectivity index (χ0n) is 17.8. The molecular weight excluding hydrogens is 432 g/mol. The molecule has 1 fully saturated rings. The van der Waals surface area contributed by atoms with Crippen LogP contribution in [0.1, 0.15) is 15.9 Å². The van der Waals surface area contributed by atoms with Crippen molar-refractivity contribution < 1.29 is 24.2 Å². The summed E-state index contributed by atoms with van der Waals surface area (Å²) in [7, 11) is 1.57. The van der Waals surface area contributed by atoms with E-state index in [0.29, 0.717) is 53.9 Å². The van der Waals surface area contributed by atoms with E-state index in [1.807, 2.05) is 0 Å². The molecule has 4 rings (SSSR count). The number of hydrogen-bond donors (Lipinski definition) is 1. The summed E-state index contributed by atoms with van der Waals surface area (Å²) >= 11 is 5.96. The lowest BCUT2D eigenvalue weighted by atomic mass is 9.96. The fraction of sp³-hybridized carbons (Fsp3) is 0.333. The Bertz CT molecular complexity index is 1010. The van der Waals surface area contributed by atoms with E-state index in [1.54, 1.807) is 55.6 Å². The molecule has 168 valence electrons. The summed E-state index contributed by atoms with van der Waals surface area (Å²) in [5, 5.41) is 11.3. The van der Waals surface area contributed by atoms with Gasteiger partial charge in [-0.3, -0.25) is 14.5 Å². The highest BCUT2D eigenvalue weighted by atomic mass is 35.5. The van der Waals surface area contributed by atoms with Crippen molar-refractivity contribution in [2.24, 2.45) is 0 Å². The molecule has 1 atom stereocenters. The van der Waals surface area contributed by atoms with E-state index < -0.39 is 17.8 Å². The average molecular weight is 457 g/mol. The van der Waals surface area contributed by atoms with Crippen LogP contribution in [0.25, 0.3) is 5.70 Å². The maximum atomic E-state index is 13.4. The lowest BCUT2D eigenvalue weighted by Gasteiger charge is -2.29. The van der Waals surface area contributed by atoms with Gasteiger partial charge in [0.25, 0.3) is 5.91 Å². The SMILES string of the molecule is COc1ccc(C2=C(C(=O)c3ccc(Cl)cc3)C(O)C(=O)N2CCN2CCOCC2)cc1. The number of benzene rings is 2. The lowest BCUT2D eigenvalue weighted by Crippen LogP contribution is -2.42. The Hall–Kier alpha value is -2.71. The summed E-state index contributed by atoms with van der Waals surface area (Å²) < 4.78 is 10.6. The Morgan fingerprint density at radius 2 is 1.75 bits per heavy atom. The third kappa shape index (κ3) is 4.56. The number of amides is 1. The summed E-state index contributed by atoms with van der Waals surface area (Å²) in [5.41, 5.74) is 1.52. The molecule has 0 saturated carbocycles. The Kier molecular flexibility index (Phi) is 6.91. The van der Waals surface area contributed by atoms with E-state index >= 15 is 0 Å². The zero-order valence-corrected chi connectivity index (χ0v) is 18.5. The van der Waals surface area contributed by atoms with Crippen molar-refractivity contribution in [2.45, 2.75) is 6.10 Å². The molecule has 0 bridgehead atoms. The van der Waals surface area contributed by atoms with Gasteiger partial charge < -0.3 is 19.5 Å². The largest absolute Gasteiger partial charge is 0.497 e. The Balaban J connectivity index is 1.72. The molecular formula is C24H25ClN2O5. The number of morpholine rings is 1. The van der Waals surface area contributed by atoms with Crippen molar-refractivity contribution in [1.29, 1.82) is 0 Å². The molecule has 1 saturated heterocycles. The van der Waals surface area contributed by atoms with Gasteiger partial charge in [0.2, 0.25) is 0 Å². The number of carbonyl (C=O) groups is 2. The summed E-state index contributed by atoms with van der Waals surface area (Å²) in [5.74, 6) is -0.242. The quantitative estimate of drug-likeness (QED) is 0.645. The number of hydrogen-bond acceptors (Lipinski definition) is 6. The summed E-state index contributed by atoms with van der Waals surface area (Å²) in [6, 6.07) is 13.5. The van der Waals surface area contributed by atoms with Crippen LogP contribution in [0, 0.1) is 0 Å². The monoisotopic (exact) mass is 456 g/mol. The third-order valence-electron chi connectivity index (χ3n) is 5.76. The molecule has 1 N–H and O–H groups in total. The topological polar surface area (TPSA) is 79.3 Å². The van der Waals surface area contributed by atoms with Crippen LogP contribution in [-0.4, -0.2) is 79.2 Å². The first-order valence-electron chi connectivity index (χ1n) is 10.5. The highest BCUT2D eigenvalue weighted by Gasteiger charge is 2.42. The van der Waals surface area contributed by atoms with E-state index in [4.69, 9.17) is 21.1 Å². The molecule has 2 aromatic carbocycles. The van der Waals surface area contributed by atoms with E-state index in [0.717, 1.165) is 13.1 Å². The van der Waals surface area contributed by atoms with Crippen LogP contribution in [0.15, 0.2) is 54.1 Å². The van der Waals surface area contributed by atoms with Crippen LogP contribution in [-0.2, 0) is 9.53 Å². The summed E-state index contributed by atoms with van der Waals surface area (Å²) in [6.45, 7) is 3.83. The molecule has 1 amide bonds. The standard InChI is InChI=1S/C24H25ClN2O5/c1-31-19-8-4-16(5-9-19)21-20(22(28)17-2-6-18(25)7-3-17)23(29)24(30)27(21)11-10-26-12-14-32-15-13-26/h2-9,23,29H,10-15H2,1H3. The van der Waals surface area contributed by atoms with Crippen LogP contribution in [0.5, 0.6) is 5.75 Å². The zero-order chi connectivity index (χ0) is 22.7. The Labute approximate surface area is 191 Å². The van der Waals surface area contributed by atoms with Gasteiger partial charge in [0.15, 0.2) is 11.9 Å². The highest BCUT2D eigenvalue weighted by molar-refractivity contribution is 6.30. The molecule has 2 aromatic rings. The lowest BCUT2D eigenvalue weighted by molar-refractivity contribution is -0.133. The normalized spacial score (nSPS) is 19.5. The first-order valence-corrected chi connectivity index (χ1v) is 10.9. The number of rotatable bonds is 7. The van der Waals surface area contributed by atoms with Crippen LogP contribution in [0.4, 0.5) is 0 Å². The van der Waals surface area contributed by atoms with Crippen LogP contribution in [0.2, 0.25) is 5.02 Å². The summed E-state index contributed by atoms with van der Waals surface area (Å²) in [6.07, 6.45) is -1.53. The first-order chi connectivity index (χ1) is 15.5. The van der Waals surface area contributed by atoms with Crippen molar-refractivity contribution in [3.8, 4) is 5.75 Å². The van der Waals surface area contributed by atoms with Crippen LogP contribution >= 0.6 is 11.6 Å². The maximum absolute atomic E-state index is 13.4. The number of carbonyl (C=O) groups excluding carboxylic acids is 2. The second-order valence-electron chi connectivity index (χ2n) is 7.67. The maximum Gasteiger partial charge on any atom is 0.260 e. The number of ketones is 1. The van der Waals surface area contributed by atoms with Crippen LogP contribution < -0.4 is 4.74 Å². The van der Waals surface area contributed by atoms with E-state index in [9.17, 15) is 14.7 Å². The summed E-state index contributed by atoms with van der Waals surface area (Å²) in [4.78, 5) is 30.2. The van der Waals surface area contributed by atoms with Gasteiger partial charge in [-0.2, -0.15) is 0 Å². The van der Waals surface area contributed by atoms with Gasteiger partial charge in [-0.15, -0.1) is 0 Å². The molecule has 0 aliphatic carbocycles. The molecule has 32 heavy (non-hydrogen) atoms. The van der Waals surface area contributed by atoms with Crippen molar-refractivity contribution in [2.75, 3.05) is 46.5 Å². The van der Waals surface area contributed by atoms with Gasteiger partial charge in [-0.25, -0.2) is 0 Å². The Morgan fingerprint density at radius 3 is 2.38 bits per heavy atom. The first kappa shape index (κ1) is 22.5. The van der Waals surface area contributed by atoms with Gasteiger partial charge in [-0.05, 0) is 54.1 Å². The number of ether oxygens (including phenoxy) is 2. The number of halogens is 1. The minimum absolute atomic E-state index is 0.0736. The predicted octanol–water partition coefficient (Wildman–Crippen LogP) is 2.48. The number of methoxy groups -OCH3 is 1. The molecule has 0 aromatic heterocycles. The van der Waals surface area contributed by atoms with Gasteiger partial charge in [0.1, 0.15) is 5.75 Å². The molecule has 0 radical (unpaired) electrons. The van der Waals surface area contributed by atoms with Gasteiger partial charge in [0.05, 0.1) is 31.6 Å².